The normalized spacial score (nSPS) is 10.6. The number of nitrogens with two attached hydrogens (primary N) is 1. The van der Waals surface area contributed by atoms with Gasteiger partial charge < -0.3 is 10.5 Å². The van der Waals surface area contributed by atoms with Gasteiger partial charge in [0.05, 0.1) is 5.69 Å². The molecule has 0 aliphatic heterocycles. The van der Waals surface area contributed by atoms with E-state index in [2.05, 4.69) is 0 Å². The summed E-state index contributed by atoms with van der Waals surface area (Å²) in [7, 11) is 0. The first kappa shape index (κ1) is 9.58. The maximum atomic E-state index is 12.6. The Bertz CT molecular complexity index is 310. The Morgan fingerprint density at radius 1 is 1.54 bits per heavy atom. The molecular formula is C10H12FNO. The molecule has 0 bridgehead atoms. The molecule has 0 saturated heterocycles. The van der Waals surface area contributed by atoms with Crippen LogP contribution in [0.25, 0.3) is 0 Å². The molecule has 1 aromatic carbocycles. The van der Waals surface area contributed by atoms with Crippen molar-refractivity contribution in [2.45, 2.75) is 6.92 Å². The fourth-order valence-corrected chi connectivity index (χ4v) is 0.885. The molecule has 0 aliphatic rings. The van der Waals surface area contributed by atoms with Crippen LogP contribution in [0, 0.1) is 5.82 Å². The number of anilines is 1. The average Bonchev–Trinajstić information content (AvgIpc) is 2.09. The largest absolute Gasteiger partial charge is 0.487 e. The molecule has 0 atom stereocenters. The van der Waals surface area contributed by atoms with E-state index in [1.165, 1.54) is 18.2 Å². The minimum atomic E-state index is -0.351. The van der Waals surface area contributed by atoms with Crippen molar-refractivity contribution in [2.24, 2.45) is 0 Å². The minimum absolute atomic E-state index is 0.324. The fourth-order valence-electron chi connectivity index (χ4n) is 0.885. The molecule has 0 saturated carbocycles. The van der Waals surface area contributed by atoms with Crippen LogP contribution in [0.4, 0.5) is 10.1 Å². The lowest BCUT2D eigenvalue weighted by atomic mass is 10.3. The van der Waals surface area contributed by atoms with E-state index in [1.54, 1.807) is 0 Å². The SMILES string of the molecule is C/C=C/COc1ccc(F)cc1N. The van der Waals surface area contributed by atoms with E-state index in [0.717, 1.165) is 0 Å². The topological polar surface area (TPSA) is 35.2 Å². The molecule has 0 radical (unpaired) electrons. The molecule has 0 amide bonds. The number of rotatable bonds is 3. The maximum Gasteiger partial charge on any atom is 0.142 e. The van der Waals surface area contributed by atoms with Crippen LogP contribution in [-0.4, -0.2) is 6.61 Å². The van der Waals surface area contributed by atoms with E-state index in [4.69, 9.17) is 10.5 Å². The molecule has 70 valence electrons. The third-order valence-corrected chi connectivity index (χ3v) is 1.54. The Hall–Kier alpha value is -1.51. The van der Waals surface area contributed by atoms with Crippen molar-refractivity contribution < 1.29 is 9.13 Å². The van der Waals surface area contributed by atoms with Gasteiger partial charge in [-0.05, 0) is 19.1 Å². The van der Waals surface area contributed by atoms with Crippen LogP contribution in [0.3, 0.4) is 0 Å². The van der Waals surface area contributed by atoms with Gasteiger partial charge in [-0.1, -0.05) is 12.2 Å². The number of benzene rings is 1. The Morgan fingerprint density at radius 3 is 2.92 bits per heavy atom. The standard InChI is InChI=1S/C10H12FNO/c1-2-3-6-13-10-5-4-8(11)7-9(10)12/h2-5,7H,6,12H2,1H3/b3-2+. The van der Waals surface area contributed by atoms with Gasteiger partial charge in [-0.15, -0.1) is 0 Å². The van der Waals surface area contributed by atoms with Crippen molar-refractivity contribution in [2.75, 3.05) is 12.3 Å². The molecule has 0 unspecified atom stereocenters. The highest BCUT2D eigenvalue weighted by molar-refractivity contribution is 5.52. The zero-order chi connectivity index (χ0) is 9.68. The molecule has 3 heteroatoms. The first-order chi connectivity index (χ1) is 6.24. The zero-order valence-electron chi connectivity index (χ0n) is 7.46. The van der Waals surface area contributed by atoms with Crippen LogP contribution < -0.4 is 10.5 Å². The van der Waals surface area contributed by atoms with E-state index >= 15 is 0 Å². The van der Waals surface area contributed by atoms with Crippen molar-refractivity contribution in [3.63, 3.8) is 0 Å². The smallest absolute Gasteiger partial charge is 0.142 e. The van der Waals surface area contributed by atoms with Crippen LogP contribution in [0.5, 0.6) is 5.75 Å². The molecular weight excluding hydrogens is 169 g/mol. The van der Waals surface area contributed by atoms with E-state index in [1.807, 2.05) is 19.1 Å². The van der Waals surface area contributed by atoms with Crippen molar-refractivity contribution in [3.05, 3.63) is 36.2 Å². The lowest BCUT2D eigenvalue weighted by Gasteiger charge is -2.05. The molecule has 0 fully saturated rings. The molecule has 0 aromatic heterocycles. The van der Waals surface area contributed by atoms with Crippen LogP contribution in [0.15, 0.2) is 30.4 Å². The van der Waals surface area contributed by atoms with Gasteiger partial charge in [-0.3, -0.25) is 0 Å². The second kappa shape index (κ2) is 4.50. The highest BCUT2D eigenvalue weighted by atomic mass is 19.1. The summed E-state index contributed by atoms with van der Waals surface area (Å²) in [6.07, 6.45) is 3.72. The summed E-state index contributed by atoms with van der Waals surface area (Å²) < 4.78 is 17.8. The molecule has 13 heavy (non-hydrogen) atoms. The predicted octanol–water partition coefficient (Wildman–Crippen LogP) is 2.36. The third kappa shape index (κ3) is 2.78. The van der Waals surface area contributed by atoms with Gasteiger partial charge in [0.15, 0.2) is 0 Å². The van der Waals surface area contributed by atoms with Crippen LogP contribution >= 0.6 is 0 Å². The van der Waals surface area contributed by atoms with Crippen LogP contribution in [0.1, 0.15) is 6.92 Å². The van der Waals surface area contributed by atoms with E-state index < -0.39 is 0 Å². The molecule has 0 heterocycles. The second-order valence-electron chi connectivity index (χ2n) is 2.56. The van der Waals surface area contributed by atoms with Crippen LogP contribution in [0.2, 0.25) is 0 Å². The summed E-state index contributed by atoms with van der Waals surface area (Å²) in [6, 6.07) is 4.08. The lowest BCUT2D eigenvalue weighted by molar-refractivity contribution is 0.364. The lowest BCUT2D eigenvalue weighted by Crippen LogP contribution is -1.97. The number of halogens is 1. The van der Waals surface area contributed by atoms with Crippen molar-refractivity contribution in [3.8, 4) is 5.75 Å². The van der Waals surface area contributed by atoms with Crippen molar-refractivity contribution in [1.29, 1.82) is 0 Å². The Morgan fingerprint density at radius 2 is 2.31 bits per heavy atom. The minimum Gasteiger partial charge on any atom is -0.487 e. The average molecular weight is 181 g/mol. The summed E-state index contributed by atoms with van der Waals surface area (Å²) in [6.45, 7) is 2.35. The van der Waals surface area contributed by atoms with Crippen molar-refractivity contribution in [1.82, 2.24) is 0 Å². The van der Waals surface area contributed by atoms with Gasteiger partial charge in [0.1, 0.15) is 18.2 Å². The quantitative estimate of drug-likeness (QED) is 0.574. The number of nitrogen functional groups attached to an aromatic ring is 1. The number of allylic oxidation sites excluding steroid dienone is 1. The van der Waals surface area contributed by atoms with Gasteiger partial charge >= 0.3 is 0 Å². The maximum absolute atomic E-state index is 12.6. The predicted molar refractivity (Wildman–Crippen MR) is 51.1 cm³/mol. The molecule has 1 rings (SSSR count). The van der Waals surface area contributed by atoms with Gasteiger partial charge in [-0.2, -0.15) is 0 Å². The summed E-state index contributed by atoms with van der Waals surface area (Å²) >= 11 is 0. The highest BCUT2D eigenvalue weighted by Gasteiger charge is 1.99. The Kier molecular flexibility index (Phi) is 3.31. The van der Waals surface area contributed by atoms with Gasteiger partial charge in [0, 0.05) is 6.07 Å². The Labute approximate surface area is 76.8 Å². The van der Waals surface area contributed by atoms with E-state index in [0.29, 0.717) is 18.0 Å². The first-order valence-electron chi connectivity index (χ1n) is 4.03. The summed E-state index contributed by atoms with van der Waals surface area (Å²) in [4.78, 5) is 0. The molecule has 2 N–H and O–H groups in total. The summed E-state index contributed by atoms with van der Waals surface area (Å²) in [5, 5.41) is 0. The second-order valence-corrected chi connectivity index (χ2v) is 2.56. The number of hydrogen-bond donors (Lipinski definition) is 1. The number of ether oxygens (including phenoxy) is 1. The van der Waals surface area contributed by atoms with Gasteiger partial charge in [-0.25, -0.2) is 4.39 Å². The van der Waals surface area contributed by atoms with E-state index in [-0.39, 0.29) is 5.82 Å². The van der Waals surface area contributed by atoms with Gasteiger partial charge in [0.25, 0.3) is 0 Å². The molecule has 0 spiro atoms. The van der Waals surface area contributed by atoms with E-state index in [9.17, 15) is 4.39 Å². The van der Waals surface area contributed by atoms with Crippen LogP contribution in [-0.2, 0) is 0 Å². The first-order valence-corrected chi connectivity index (χ1v) is 4.03. The monoisotopic (exact) mass is 181 g/mol. The summed E-state index contributed by atoms with van der Waals surface area (Å²) in [5.74, 6) is 0.162. The van der Waals surface area contributed by atoms with Crippen molar-refractivity contribution >= 4 is 5.69 Å². The fraction of sp³-hybridized carbons (Fsp3) is 0.200. The third-order valence-electron chi connectivity index (χ3n) is 1.54. The molecule has 1 aromatic rings. The van der Waals surface area contributed by atoms with Gasteiger partial charge in [0.2, 0.25) is 0 Å². The molecule has 0 aliphatic carbocycles. The zero-order valence-corrected chi connectivity index (χ0v) is 7.46. The molecule has 2 nitrogen and oxygen atoms in total. The summed E-state index contributed by atoms with van der Waals surface area (Å²) in [5.41, 5.74) is 5.84. The Balaban J connectivity index is 2.66. The highest BCUT2D eigenvalue weighted by Crippen LogP contribution is 2.21. The number of hydrogen-bond acceptors (Lipinski definition) is 2.